The number of methoxy groups -OCH3 is 1. The lowest BCUT2D eigenvalue weighted by atomic mass is 10.1. The number of alkyl halides is 3. The molecule has 2 aliphatic rings. The third-order valence-electron chi connectivity index (χ3n) is 6.13. The first kappa shape index (κ1) is 26.6. The lowest BCUT2D eigenvalue weighted by Gasteiger charge is -2.36. The van der Waals surface area contributed by atoms with Crippen molar-refractivity contribution < 1.29 is 36.6 Å². The number of amides is 1. The first-order valence-corrected chi connectivity index (χ1v) is 12.2. The number of fused-ring (bicyclic) bond motifs is 3. The number of halogens is 5. The number of anilines is 1. The number of ether oxygens (including phenoxy) is 3. The topological polar surface area (TPSA) is 77.0 Å². The van der Waals surface area contributed by atoms with Gasteiger partial charge in [0.15, 0.2) is 5.82 Å². The van der Waals surface area contributed by atoms with Crippen molar-refractivity contribution in [2.45, 2.75) is 64.1 Å². The number of hydrogen-bond donors (Lipinski definition) is 0. The van der Waals surface area contributed by atoms with Crippen molar-refractivity contribution in [3.8, 4) is 6.01 Å². The number of piperazine rings is 1. The van der Waals surface area contributed by atoms with Crippen molar-refractivity contribution in [2.75, 3.05) is 31.7 Å². The van der Waals surface area contributed by atoms with Gasteiger partial charge in [-0.15, -0.1) is 0 Å². The van der Waals surface area contributed by atoms with Gasteiger partial charge in [0.1, 0.15) is 23.5 Å². The molecule has 13 heteroatoms. The van der Waals surface area contributed by atoms with Gasteiger partial charge < -0.3 is 24.0 Å². The second kappa shape index (κ2) is 9.47. The van der Waals surface area contributed by atoms with Gasteiger partial charge in [0.2, 0.25) is 0 Å². The Hall–Kier alpha value is -2.41. The number of carbonyl (C=O) groups excluding carboxylic acids is 1. The van der Waals surface area contributed by atoms with Crippen LogP contribution in [0.5, 0.6) is 6.01 Å². The van der Waals surface area contributed by atoms with Gasteiger partial charge in [-0.05, 0) is 56.1 Å². The van der Waals surface area contributed by atoms with E-state index in [0.29, 0.717) is 19.5 Å². The largest absolute Gasteiger partial charge is 0.461 e. The van der Waals surface area contributed by atoms with Crippen LogP contribution in [0.15, 0.2) is 10.5 Å². The van der Waals surface area contributed by atoms with Gasteiger partial charge in [-0.25, -0.2) is 9.18 Å². The molecular weight excluding hydrogens is 552 g/mol. The average molecular weight is 579 g/mol. The highest BCUT2D eigenvalue weighted by molar-refractivity contribution is 9.10. The van der Waals surface area contributed by atoms with E-state index in [2.05, 4.69) is 25.9 Å². The Morgan fingerprint density at radius 3 is 2.47 bits per heavy atom. The molecule has 1 aromatic carbocycles. The molecule has 1 aromatic heterocycles. The van der Waals surface area contributed by atoms with Gasteiger partial charge in [-0.3, -0.25) is 0 Å². The minimum Gasteiger partial charge on any atom is -0.461 e. The fraction of sp³-hybridized carbons (Fsp3) is 0.609. The highest BCUT2D eigenvalue weighted by atomic mass is 79.9. The van der Waals surface area contributed by atoms with Gasteiger partial charge in [0, 0.05) is 25.6 Å². The number of aromatic nitrogens is 2. The molecule has 1 unspecified atom stereocenters. The quantitative estimate of drug-likeness (QED) is 0.453. The summed E-state index contributed by atoms with van der Waals surface area (Å²) in [5.74, 6) is -1.04. The summed E-state index contributed by atoms with van der Waals surface area (Å²) in [6.07, 6.45) is -4.99. The first-order chi connectivity index (χ1) is 16.7. The Kier molecular flexibility index (Phi) is 7.01. The van der Waals surface area contributed by atoms with Crippen molar-refractivity contribution in [3.63, 3.8) is 0 Å². The number of hydrogen-bond acceptors (Lipinski definition) is 7. The lowest BCUT2D eigenvalue weighted by molar-refractivity contribution is -0.138. The normalized spacial score (nSPS) is 20.8. The highest BCUT2D eigenvalue weighted by Gasteiger charge is 2.48. The molecule has 198 valence electrons. The molecule has 8 nitrogen and oxygen atoms in total. The van der Waals surface area contributed by atoms with E-state index in [1.54, 1.807) is 37.5 Å². The minimum absolute atomic E-state index is 0.0589. The van der Waals surface area contributed by atoms with Crippen molar-refractivity contribution in [2.24, 2.45) is 0 Å². The van der Waals surface area contributed by atoms with Crippen molar-refractivity contribution >= 4 is 38.7 Å². The van der Waals surface area contributed by atoms with Crippen LogP contribution in [-0.4, -0.2) is 71.6 Å². The molecule has 2 fully saturated rings. The fourth-order valence-corrected chi connectivity index (χ4v) is 4.91. The van der Waals surface area contributed by atoms with Crippen LogP contribution >= 0.6 is 15.9 Å². The van der Waals surface area contributed by atoms with E-state index >= 15 is 4.39 Å². The van der Waals surface area contributed by atoms with E-state index in [-0.39, 0.29) is 47.5 Å². The van der Waals surface area contributed by atoms with E-state index in [1.807, 2.05) is 0 Å². The van der Waals surface area contributed by atoms with Crippen LogP contribution in [0, 0.1) is 5.82 Å². The zero-order valence-corrected chi connectivity index (χ0v) is 22.0. The molecule has 0 radical (unpaired) electrons. The Labute approximate surface area is 214 Å². The molecule has 2 aliphatic heterocycles. The van der Waals surface area contributed by atoms with E-state index in [1.165, 1.54) is 7.11 Å². The van der Waals surface area contributed by atoms with Crippen LogP contribution in [-0.2, 0) is 15.7 Å². The summed E-state index contributed by atoms with van der Waals surface area (Å²) in [5.41, 5.74) is -2.13. The van der Waals surface area contributed by atoms with Gasteiger partial charge >= 0.3 is 18.3 Å². The third kappa shape index (κ3) is 5.17. The second-order valence-electron chi connectivity index (χ2n) is 9.96. The minimum atomic E-state index is -4.80. The van der Waals surface area contributed by atoms with Crippen LogP contribution in [0.2, 0.25) is 0 Å². The Balaban J connectivity index is 1.74. The number of carbonyl (C=O) groups is 1. The standard InChI is InChI=1S/C23H27BrF4N4O4/c1-11(34-5)10-35-20-29-18-14(7-15(23(26,27)28)16(24)17(18)25)19(30-20)31-8-13-6-12(31)9-32(13)21(33)36-22(2,3)4/h7,11-13H,6,8-10H2,1-5H3/t11-,12-,13?/m0/s1. The third-order valence-corrected chi connectivity index (χ3v) is 6.90. The van der Waals surface area contributed by atoms with Crippen molar-refractivity contribution in [1.82, 2.24) is 14.9 Å². The Bertz CT molecular complexity index is 1170. The maximum Gasteiger partial charge on any atom is 0.417 e. The summed E-state index contributed by atoms with van der Waals surface area (Å²) < 4.78 is 71.7. The summed E-state index contributed by atoms with van der Waals surface area (Å²) in [6, 6.07) is 0.193. The molecule has 1 amide bonds. The molecule has 0 N–H and O–H groups in total. The number of benzene rings is 1. The molecule has 4 rings (SSSR count). The van der Waals surface area contributed by atoms with E-state index < -0.39 is 33.7 Å². The summed E-state index contributed by atoms with van der Waals surface area (Å²) in [6.45, 7) is 7.72. The predicted octanol–water partition coefficient (Wildman–Crippen LogP) is 5.16. The summed E-state index contributed by atoms with van der Waals surface area (Å²) in [7, 11) is 1.49. The molecule has 2 aromatic rings. The predicted molar refractivity (Wildman–Crippen MR) is 127 cm³/mol. The number of nitrogens with zero attached hydrogens (tertiary/aromatic N) is 4. The smallest absolute Gasteiger partial charge is 0.417 e. The highest BCUT2D eigenvalue weighted by Crippen LogP contribution is 2.43. The Morgan fingerprint density at radius 1 is 1.22 bits per heavy atom. The van der Waals surface area contributed by atoms with Crippen molar-refractivity contribution in [3.05, 3.63) is 21.9 Å². The van der Waals surface area contributed by atoms with Crippen LogP contribution < -0.4 is 9.64 Å². The van der Waals surface area contributed by atoms with Crippen LogP contribution in [0.25, 0.3) is 10.9 Å². The molecule has 3 heterocycles. The SMILES string of the molecule is CO[C@@H](C)COc1nc(N2CC3C[C@H]2CN3C(=O)OC(C)(C)C)c2cc(C(F)(F)F)c(Br)c(F)c2n1. The first-order valence-electron chi connectivity index (χ1n) is 11.4. The van der Waals surface area contributed by atoms with Crippen LogP contribution in [0.1, 0.15) is 39.7 Å². The van der Waals surface area contributed by atoms with Gasteiger partial charge in [0.25, 0.3) is 0 Å². The average Bonchev–Trinajstić information content (AvgIpc) is 3.38. The molecule has 0 spiro atoms. The zero-order valence-electron chi connectivity index (χ0n) is 20.4. The fourth-order valence-electron chi connectivity index (χ4n) is 4.39. The molecule has 36 heavy (non-hydrogen) atoms. The lowest BCUT2D eigenvalue weighted by Crippen LogP contribution is -2.50. The molecule has 3 atom stereocenters. The van der Waals surface area contributed by atoms with Gasteiger partial charge in [-0.1, -0.05) is 0 Å². The van der Waals surface area contributed by atoms with E-state index in [4.69, 9.17) is 14.2 Å². The summed E-state index contributed by atoms with van der Waals surface area (Å²) >= 11 is 2.74. The van der Waals surface area contributed by atoms with Crippen LogP contribution in [0.4, 0.5) is 28.2 Å². The van der Waals surface area contributed by atoms with Gasteiger partial charge in [-0.2, -0.15) is 23.1 Å². The van der Waals surface area contributed by atoms with Gasteiger partial charge in [0.05, 0.1) is 28.2 Å². The molecule has 0 aliphatic carbocycles. The summed E-state index contributed by atoms with van der Waals surface area (Å²) in [5, 5.41) is -0.0912. The van der Waals surface area contributed by atoms with Crippen molar-refractivity contribution in [1.29, 1.82) is 0 Å². The molecule has 2 bridgehead atoms. The molecular formula is C23H27BrF4N4O4. The second-order valence-corrected chi connectivity index (χ2v) is 10.8. The zero-order chi connectivity index (χ0) is 26.6. The monoisotopic (exact) mass is 578 g/mol. The number of likely N-dealkylation sites (tertiary alicyclic amines) is 1. The van der Waals surface area contributed by atoms with E-state index in [0.717, 1.165) is 6.07 Å². The Morgan fingerprint density at radius 2 is 1.92 bits per heavy atom. The maximum atomic E-state index is 15.2. The molecule has 0 saturated carbocycles. The van der Waals surface area contributed by atoms with E-state index in [9.17, 15) is 18.0 Å². The summed E-state index contributed by atoms with van der Waals surface area (Å²) in [4.78, 5) is 24.5. The molecule has 2 saturated heterocycles. The number of rotatable bonds is 5. The maximum absolute atomic E-state index is 15.2. The van der Waals surface area contributed by atoms with Crippen LogP contribution in [0.3, 0.4) is 0 Å².